The Morgan fingerprint density at radius 3 is 1.89 bits per heavy atom. The van der Waals surface area contributed by atoms with Crippen molar-refractivity contribution in [2.75, 3.05) is 27.2 Å². The van der Waals surface area contributed by atoms with Crippen molar-refractivity contribution < 1.29 is 27.2 Å². The second kappa shape index (κ2) is 5.63. The third kappa shape index (κ3) is 3.58. The standard InChI is InChI=1S/C13H28N2O2.ClH/c1-12(2)9-11(15(5,6)7-8-16)10-13(3,4)14(12)17;/h11,16H,7-10H2,1-6H3;1H/q+1;/p-1. The largest absolute Gasteiger partial charge is 1.00 e. The molecule has 0 saturated carbocycles. The van der Waals surface area contributed by atoms with Crippen molar-refractivity contribution in [2.24, 2.45) is 0 Å². The van der Waals surface area contributed by atoms with Gasteiger partial charge in [0.1, 0.15) is 6.54 Å². The van der Waals surface area contributed by atoms with Crippen molar-refractivity contribution in [1.29, 1.82) is 0 Å². The summed E-state index contributed by atoms with van der Waals surface area (Å²) < 4.78 is 0.789. The number of halogens is 1. The summed E-state index contributed by atoms with van der Waals surface area (Å²) >= 11 is 0. The molecule has 0 aromatic rings. The van der Waals surface area contributed by atoms with Crippen LogP contribution in [0.3, 0.4) is 0 Å². The van der Waals surface area contributed by atoms with Crippen LogP contribution in [-0.2, 0) is 5.21 Å². The first kappa shape index (κ1) is 18.1. The molecule has 1 N–H and O–H groups in total. The van der Waals surface area contributed by atoms with E-state index in [9.17, 15) is 5.21 Å². The van der Waals surface area contributed by atoms with Crippen LogP contribution in [0, 0.1) is 0 Å². The van der Waals surface area contributed by atoms with Crippen molar-refractivity contribution in [3.8, 4) is 0 Å². The van der Waals surface area contributed by atoms with Crippen molar-refractivity contribution in [3.63, 3.8) is 0 Å². The van der Waals surface area contributed by atoms with E-state index in [0.29, 0.717) is 6.04 Å². The van der Waals surface area contributed by atoms with Gasteiger partial charge in [0.25, 0.3) is 0 Å². The average Bonchev–Trinajstić information content (AvgIpc) is 2.13. The van der Waals surface area contributed by atoms with Crippen molar-refractivity contribution in [1.82, 2.24) is 5.06 Å². The summed E-state index contributed by atoms with van der Waals surface area (Å²) in [4.78, 5) is 0. The SMILES string of the molecule is CC1(C)CC([N+](C)(C)CCO)CC(C)(C)N1[O].[Cl-]. The van der Waals surface area contributed by atoms with Gasteiger partial charge in [0.2, 0.25) is 0 Å². The maximum atomic E-state index is 12.3. The summed E-state index contributed by atoms with van der Waals surface area (Å²) in [6, 6.07) is 0.428. The van der Waals surface area contributed by atoms with Gasteiger partial charge < -0.3 is 22.0 Å². The molecule has 0 bridgehead atoms. The first-order valence-electron chi connectivity index (χ1n) is 6.44. The summed E-state index contributed by atoms with van der Waals surface area (Å²) in [6.07, 6.45) is 1.76. The molecule has 0 atom stereocenters. The monoisotopic (exact) mass is 279 g/mol. The zero-order valence-corrected chi connectivity index (χ0v) is 13.3. The smallest absolute Gasteiger partial charge is 0.102 e. The number of piperidine rings is 1. The second-order valence-corrected chi connectivity index (χ2v) is 7.21. The lowest BCUT2D eigenvalue weighted by molar-refractivity contribution is -0.918. The fourth-order valence-corrected chi connectivity index (χ4v) is 3.15. The predicted octanol–water partition coefficient (Wildman–Crippen LogP) is -1.57. The summed E-state index contributed by atoms with van der Waals surface area (Å²) in [5.74, 6) is 0. The van der Waals surface area contributed by atoms with Crippen LogP contribution in [0.1, 0.15) is 40.5 Å². The quantitative estimate of drug-likeness (QED) is 0.634. The van der Waals surface area contributed by atoms with Gasteiger partial charge in [-0.3, -0.25) is 0 Å². The lowest BCUT2D eigenvalue weighted by atomic mass is 9.77. The van der Waals surface area contributed by atoms with Gasteiger partial charge in [-0.25, -0.2) is 0 Å². The van der Waals surface area contributed by atoms with Gasteiger partial charge in [0.15, 0.2) is 0 Å². The molecule has 1 aliphatic rings. The van der Waals surface area contributed by atoms with Crippen LogP contribution >= 0.6 is 0 Å². The summed E-state index contributed by atoms with van der Waals surface area (Å²) in [5.41, 5.74) is -0.644. The van der Waals surface area contributed by atoms with E-state index in [1.807, 2.05) is 27.7 Å². The highest BCUT2D eigenvalue weighted by atomic mass is 35.5. The third-order valence-electron chi connectivity index (χ3n) is 4.23. The van der Waals surface area contributed by atoms with E-state index in [1.54, 1.807) is 0 Å². The number of quaternary nitrogens is 1. The van der Waals surface area contributed by atoms with E-state index in [-0.39, 0.29) is 30.1 Å². The van der Waals surface area contributed by atoms with E-state index in [1.165, 1.54) is 5.06 Å². The highest BCUT2D eigenvalue weighted by molar-refractivity contribution is 4.96. The molecule has 1 aliphatic heterocycles. The fourth-order valence-electron chi connectivity index (χ4n) is 3.15. The molecule has 1 saturated heterocycles. The molecule has 1 rings (SSSR count). The zero-order valence-electron chi connectivity index (χ0n) is 12.5. The molecule has 0 amide bonds. The Labute approximate surface area is 118 Å². The highest BCUT2D eigenvalue weighted by Crippen LogP contribution is 2.40. The Bertz CT molecular complexity index is 262. The molecular formula is C13H28ClN2O2. The number of nitrogens with zero attached hydrogens (tertiary/aromatic N) is 2. The molecule has 4 nitrogen and oxygen atoms in total. The van der Waals surface area contributed by atoms with Gasteiger partial charge in [0, 0.05) is 23.9 Å². The van der Waals surface area contributed by atoms with E-state index in [0.717, 1.165) is 23.9 Å². The van der Waals surface area contributed by atoms with Gasteiger partial charge in [-0.15, -0.1) is 10.3 Å². The molecule has 0 spiro atoms. The molecule has 1 radical (unpaired) electrons. The van der Waals surface area contributed by atoms with Crippen LogP contribution in [-0.4, -0.2) is 59.0 Å². The van der Waals surface area contributed by atoms with Crippen molar-refractivity contribution in [3.05, 3.63) is 0 Å². The minimum absolute atomic E-state index is 0. The highest BCUT2D eigenvalue weighted by Gasteiger charge is 2.50. The van der Waals surface area contributed by atoms with Crippen LogP contribution in [0.25, 0.3) is 0 Å². The van der Waals surface area contributed by atoms with Gasteiger partial charge in [-0.2, -0.15) is 0 Å². The van der Waals surface area contributed by atoms with E-state index in [2.05, 4.69) is 14.1 Å². The summed E-state index contributed by atoms with van der Waals surface area (Å²) in [5, 5.41) is 22.7. The summed E-state index contributed by atoms with van der Waals surface area (Å²) in [7, 11) is 4.29. The van der Waals surface area contributed by atoms with Gasteiger partial charge in [-0.1, -0.05) is 0 Å². The first-order chi connectivity index (χ1) is 7.53. The van der Waals surface area contributed by atoms with Crippen molar-refractivity contribution in [2.45, 2.75) is 57.7 Å². The number of hydrogen-bond acceptors (Lipinski definition) is 2. The lowest BCUT2D eigenvalue weighted by Crippen LogP contribution is -3.00. The Morgan fingerprint density at radius 2 is 1.56 bits per heavy atom. The Kier molecular flexibility index (Phi) is 5.67. The molecule has 1 fully saturated rings. The lowest BCUT2D eigenvalue weighted by Gasteiger charge is -2.53. The van der Waals surface area contributed by atoms with Gasteiger partial charge in [0.05, 0.1) is 26.7 Å². The number of aliphatic hydroxyl groups is 1. The fraction of sp³-hybridized carbons (Fsp3) is 1.00. The van der Waals surface area contributed by atoms with Crippen LogP contribution in [0.4, 0.5) is 0 Å². The van der Waals surface area contributed by atoms with Gasteiger partial charge >= 0.3 is 0 Å². The van der Waals surface area contributed by atoms with Crippen LogP contribution < -0.4 is 12.4 Å². The normalized spacial score (nSPS) is 24.7. The molecule has 109 valence electrons. The second-order valence-electron chi connectivity index (χ2n) is 7.21. The van der Waals surface area contributed by atoms with Crippen LogP contribution in [0.2, 0.25) is 0 Å². The van der Waals surface area contributed by atoms with Crippen LogP contribution in [0.15, 0.2) is 0 Å². The Balaban J connectivity index is 0.00000289. The molecule has 5 heteroatoms. The minimum Gasteiger partial charge on any atom is -1.00 e. The number of rotatable bonds is 3. The Morgan fingerprint density at radius 1 is 1.17 bits per heavy atom. The topological polar surface area (TPSA) is 43.4 Å². The molecule has 0 unspecified atom stereocenters. The molecule has 0 aliphatic carbocycles. The summed E-state index contributed by atoms with van der Waals surface area (Å²) in [6.45, 7) is 9.03. The van der Waals surface area contributed by atoms with E-state index >= 15 is 0 Å². The molecule has 18 heavy (non-hydrogen) atoms. The maximum Gasteiger partial charge on any atom is 0.102 e. The molecule has 0 aromatic carbocycles. The predicted molar refractivity (Wildman–Crippen MR) is 67.8 cm³/mol. The minimum atomic E-state index is -0.322. The number of likely N-dealkylation sites (N-methyl/N-ethyl adjacent to an activating group) is 1. The number of aliphatic hydroxyl groups excluding tert-OH is 1. The third-order valence-corrected chi connectivity index (χ3v) is 4.23. The number of hydrogen-bond donors (Lipinski definition) is 1. The number of hydroxylamine groups is 2. The molecule has 0 aromatic heterocycles. The average molecular weight is 280 g/mol. The van der Waals surface area contributed by atoms with E-state index < -0.39 is 0 Å². The van der Waals surface area contributed by atoms with Crippen molar-refractivity contribution >= 4 is 0 Å². The molecular weight excluding hydrogens is 252 g/mol. The maximum absolute atomic E-state index is 12.3. The van der Waals surface area contributed by atoms with Gasteiger partial charge in [-0.05, 0) is 27.7 Å². The first-order valence-corrected chi connectivity index (χ1v) is 6.44. The molecule has 1 heterocycles. The zero-order chi connectivity index (χ0) is 13.5. The van der Waals surface area contributed by atoms with Crippen LogP contribution in [0.5, 0.6) is 0 Å². The van der Waals surface area contributed by atoms with E-state index in [4.69, 9.17) is 5.11 Å². The Hall–Kier alpha value is 0.130.